The molecular formula is C17H26N4O2. The largest absolute Gasteiger partial charge is 0.393 e. The first-order valence-electron chi connectivity index (χ1n) is 8.56. The monoisotopic (exact) mass is 318 g/mol. The quantitative estimate of drug-likeness (QED) is 0.890. The lowest BCUT2D eigenvalue weighted by molar-refractivity contribution is -0.137. The van der Waals surface area contributed by atoms with E-state index >= 15 is 0 Å². The summed E-state index contributed by atoms with van der Waals surface area (Å²) in [7, 11) is 0. The summed E-state index contributed by atoms with van der Waals surface area (Å²) in [6.45, 7) is 7.03. The maximum Gasteiger partial charge on any atom is 0.225 e. The fourth-order valence-corrected chi connectivity index (χ4v) is 3.54. The van der Waals surface area contributed by atoms with Crippen LogP contribution in [-0.4, -0.2) is 58.2 Å². The number of aryl methyl sites for hydroxylation is 2. The van der Waals surface area contributed by atoms with Crippen LogP contribution in [0.3, 0.4) is 0 Å². The standard InChI is InChI=1S/C17H26N4O2/c1-12-11-18-13(2)16(19-12)20-7-9-21(10-8-20)17(23)14-3-5-15(22)6-4-14/h11,14-15,22H,3-10H2,1-2H3. The smallest absolute Gasteiger partial charge is 0.225 e. The Hall–Kier alpha value is -1.69. The van der Waals surface area contributed by atoms with Gasteiger partial charge in [-0.2, -0.15) is 0 Å². The minimum absolute atomic E-state index is 0.102. The molecule has 0 radical (unpaired) electrons. The lowest BCUT2D eigenvalue weighted by Gasteiger charge is -2.38. The summed E-state index contributed by atoms with van der Waals surface area (Å²) in [5, 5.41) is 9.58. The van der Waals surface area contributed by atoms with Crippen LogP contribution in [-0.2, 0) is 4.79 Å². The first-order valence-corrected chi connectivity index (χ1v) is 8.56. The molecule has 1 aliphatic carbocycles. The number of nitrogens with zero attached hydrogens (tertiary/aromatic N) is 4. The zero-order chi connectivity index (χ0) is 16.4. The van der Waals surface area contributed by atoms with Crippen molar-refractivity contribution in [1.82, 2.24) is 14.9 Å². The van der Waals surface area contributed by atoms with E-state index in [1.165, 1.54) is 0 Å². The van der Waals surface area contributed by atoms with E-state index in [0.717, 1.165) is 69.1 Å². The van der Waals surface area contributed by atoms with E-state index in [1.807, 2.05) is 18.7 Å². The lowest BCUT2D eigenvalue weighted by Crippen LogP contribution is -2.51. The van der Waals surface area contributed by atoms with Gasteiger partial charge in [0, 0.05) is 38.3 Å². The van der Waals surface area contributed by atoms with Crippen molar-refractivity contribution < 1.29 is 9.90 Å². The average molecular weight is 318 g/mol. The summed E-state index contributed by atoms with van der Waals surface area (Å²) in [5.74, 6) is 1.31. The van der Waals surface area contributed by atoms with Crippen molar-refractivity contribution in [2.24, 2.45) is 5.92 Å². The van der Waals surface area contributed by atoms with Gasteiger partial charge in [0.05, 0.1) is 17.5 Å². The van der Waals surface area contributed by atoms with E-state index < -0.39 is 0 Å². The first-order chi connectivity index (χ1) is 11.0. The molecule has 2 fully saturated rings. The molecule has 1 aromatic heterocycles. The Labute approximate surface area is 137 Å². The highest BCUT2D eigenvalue weighted by molar-refractivity contribution is 5.79. The molecule has 1 N–H and O–H groups in total. The van der Waals surface area contributed by atoms with E-state index in [2.05, 4.69) is 14.9 Å². The SMILES string of the molecule is Cc1cnc(C)c(N2CCN(C(=O)C3CCC(O)CC3)CC2)n1. The Morgan fingerprint density at radius 2 is 1.78 bits per heavy atom. The molecule has 2 heterocycles. The highest BCUT2D eigenvalue weighted by Crippen LogP contribution is 2.27. The van der Waals surface area contributed by atoms with Crippen molar-refractivity contribution in [2.75, 3.05) is 31.1 Å². The van der Waals surface area contributed by atoms with E-state index in [0.29, 0.717) is 0 Å². The second-order valence-corrected chi connectivity index (χ2v) is 6.74. The van der Waals surface area contributed by atoms with Gasteiger partial charge in [-0.1, -0.05) is 0 Å². The second kappa shape index (κ2) is 6.83. The minimum Gasteiger partial charge on any atom is -0.393 e. The molecule has 3 rings (SSSR count). The molecule has 0 aromatic carbocycles. The summed E-state index contributed by atoms with van der Waals surface area (Å²) in [4.78, 5) is 25.8. The Bertz CT molecular complexity index is 562. The predicted molar refractivity (Wildman–Crippen MR) is 88.3 cm³/mol. The molecule has 1 saturated carbocycles. The van der Waals surface area contributed by atoms with Gasteiger partial charge < -0.3 is 14.9 Å². The van der Waals surface area contributed by atoms with Crippen LogP contribution < -0.4 is 4.90 Å². The molecule has 1 aliphatic heterocycles. The van der Waals surface area contributed by atoms with Gasteiger partial charge in [-0.15, -0.1) is 0 Å². The van der Waals surface area contributed by atoms with Gasteiger partial charge in [0.2, 0.25) is 5.91 Å². The van der Waals surface area contributed by atoms with Crippen molar-refractivity contribution in [1.29, 1.82) is 0 Å². The molecule has 6 nitrogen and oxygen atoms in total. The number of anilines is 1. The Balaban J connectivity index is 1.58. The minimum atomic E-state index is -0.209. The van der Waals surface area contributed by atoms with E-state index in [-0.39, 0.29) is 17.9 Å². The number of amides is 1. The number of aliphatic hydroxyl groups excluding tert-OH is 1. The highest BCUT2D eigenvalue weighted by Gasteiger charge is 2.31. The summed E-state index contributed by atoms with van der Waals surface area (Å²) >= 11 is 0. The molecule has 23 heavy (non-hydrogen) atoms. The van der Waals surface area contributed by atoms with Gasteiger partial charge >= 0.3 is 0 Å². The summed E-state index contributed by atoms with van der Waals surface area (Å²) in [6.07, 6.45) is 4.74. The number of aromatic nitrogens is 2. The zero-order valence-corrected chi connectivity index (χ0v) is 14.0. The van der Waals surface area contributed by atoms with Crippen molar-refractivity contribution in [3.63, 3.8) is 0 Å². The van der Waals surface area contributed by atoms with Crippen LogP contribution in [0, 0.1) is 19.8 Å². The van der Waals surface area contributed by atoms with Crippen molar-refractivity contribution in [2.45, 2.75) is 45.6 Å². The fourth-order valence-electron chi connectivity index (χ4n) is 3.54. The summed E-state index contributed by atoms with van der Waals surface area (Å²) < 4.78 is 0. The molecule has 0 atom stereocenters. The summed E-state index contributed by atoms with van der Waals surface area (Å²) in [5.41, 5.74) is 1.86. The molecule has 0 bridgehead atoms. The van der Waals surface area contributed by atoms with Gasteiger partial charge in [-0.25, -0.2) is 4.98 Å². The number of aliphatic hydroxyl groups is 1. The van der Waals surface area contributed by atoms with Crippen LogP contribution in [0.15, 0.2) is 6.20 Å². The second-order valence-electron chi connectivity index (χ2n) is 6.74. The number of hydrogen-bond donors (Lipinski definition) is 1. The van der Waals surface area contributed by atoms with Gasteiger partial charge in [0.1, 0.15) is 5.82 Å². The topological polar surface area (TPSA) is 69.6 Å². The van der Waals surface area contributed by atoms with Crippen molar-refractivity contribution >= 4 is 11.7 Å². The fraction of sp³-hybridized carbons (Fsp3) is 0.706. The molecule has 126 valence electrons. The van der Waals surface area contributed by atoms with Crippen LogP contribution in [0.4, 0.5) is 5.82 Å². The van der Waals surface area contributed by atoms with Crippen molar-refractivity contribution in [3.8, 4) is 0 Å². The molecular weight excluding hydrogens is 292 g/mol. The first kappa shape index (κ1) is 16.2. The van der Waals surface area contributed by atoms with Crippen molar-refractivity contribution in [3.05, 3.63) is 17.6 Å². The molecule has 1 aromatic rings. The Morgan fingerprint density at radius 1 is 1.13 bits per heavy atom. The number of rotatable bonds is 2. The number of piperazine rings is 1. The van der Waals surface area contributed by atoms with Gasteiger partial charge in [-0.3, -0.25) is 9.78 Å². The van der Waals surface area contributed by atoms with Crippen LogP contribution in [0.5, 0.6) is 0 Å². The molecule has 1 amide bonds. The number of carbonyl (C=O) groups is 1. The van der Waals surface area contributed by atoms with Crippen LogP contribution in [0.1, 0.15) is 37.1 Å². The van der Waals surface area contributed by atoms with E-state index in [9.17, 15) is 9.90 Å². The van der Waals surface area contributed by atoms with E-state index in [4.69, 9.17) is 0 Å². The Morgan fingerprint density at radius 3 is 2.43 bits per heavy atom. The number of carbonyl (C=O) groups excluding carboxylic acids is 1. The maximum absolute atomic E-state index is 12.6. The zero-order valence-electron chi connectivity index (χ0n) is 14.0. The Kier molecular flexibility index (Phi) is 4.80. The molecule has 0 spiro atoms. The summed E-state index contributed by atoms with van der Waals surface area (Å²) in [6, 6.07) is 0. The van der Waals surface area contributed by atoms with Gasteiger partial charge in [-0.05, 0) is 39.5 Å². The van der Waals surface area contributed by atoms with Crippen LogP contribution in [0.2, 0.25) is 0 Å². The highest BCUT2D eigenvalue weighted by atomic mass is 16.3. The average Bonchev–Trinajstić information content (AvgIpc) is 2.57. The van der Waals surface area contributed by atoms with Crippen LogP contribution >= 0.6 is 0 Å². The lowest BCUT2D eigenvalue weighted by atomic mass is 9.86. The number of hydrogen-bond acceptors (Lipinski definition) is 5. The van der Waals surface area contributed by atoms with Gasteiger partial charge in [0.15, 0.2) is 0 Å². The maximum atomic E-state index is 12.6. The normalized spacial score (nSPS) is 25.5. The molecule has 6 heteroatoms. The molecule has 1 saturated heterocycles. The van der Waals surface area contributed by atoms with Crippen LogP contribution in [0.25, 0.3) is 0 Å². The third-order valence-electron chi connectivity index (χ3n) is 4.99. The molecule has 0 unspecified atom stereocenters. The third-order valence-corrected chi connectivity index (χ3v) is 4.99. The third kappa shape index (κ3) is 3.63. The van der Waals surface area contributed by atoms with E-state index in [1.54, 1.807) is 6.20 Å². The molecule has 2 aliphatic rings. The predicted octanol–water partition coefficient (Wildman–Crippen LogP) is 1.29. The van der Waals surface area contributed by atoms with Gasteiger partial charge in [0.25, 0.3) is 0 Å².